The molecule has 126 valence electrons. The van der Waals surface area contributed by atoms with E-state index in [1.165, 1.54) is 0 Å². The highest BCUT2D eigenvalue weighted by atomic mass is 16.2. The van der Waals surface area contributed by atoms with Crippen molar-refractivity contribution in [3.63, 3.8) is 0 Å². The number of hydrogen-bond acceptors (Lipinski definition) is 4. The van der Waals surface area contributed by atoms with Crippen molar-refractivity contribution in [2.45, 2.75) is 13.5 Å². The van der Waals surface area contributed by atoms with Crippen LogP contribution in [0.1, 0.15) is 5.82 Å². The highest BCUT2D eigenvalue weighted by Crippen LogP contribution is 2.35. The van der Waals surface area contributed by atoms with E-state index in [2.05, 4.69) is 10.1 Å². The van der Waals surface area contributed by atoms with E-state index >= 15 is 0 Å². The Labute approximate surface area is 139 Å². The van der Waals surface area contributed by atoms with Gasteiger partial charge in [-0.1, -0.05) is 0 Å². The molecule has 2 aromatic heterocycles. The van der Waals surface area contributed by atoms with Crippen LogP contribution in [-0.2, 0) is 23.2 Å². The van der Waals surface area contributed by atoms with Gasteiger partial charge in [0, 0.05) is 51.2 Å². The molecule has 0 aromatic carbocycles. The van der Waals surface area contributed by atoms with Crippen LogP contribution >= 0.6 is 0 Å². The lowest BCUT2D eigenvalue weighted by Crippen LogP contribution is -2.37. The molecule has 4 heterocycles. The summed E-state index contributed by atoms with van der Waals surface area (Å²) in [5.41, 5.74) is 0.837. The summed E-state index contributed by atoms with van der Waals surface area (Å²) in [4.78, 5) is 32.9. The van der Waals surface area contributed by atoms with E-state index in [0.717, 1.165) is 11.5 Å². The van der Waals surface area contributed by atoms with E-state index in [4.69, 9.17) is 0 Å². The van der Waals surface area contributed by atoms with Gasteiger partial charge in [-0.05, 0) is 6.92 Å². The SMILES string of the molecule is Cc1nccn1CC(=O)N1C[C@@H]2CN(c3cnn(C)c3)C(=O)[C@@H]2C1. The summed E-state index contributed by atoms with van der Waals surface area (Å²) in [5.74, 6) is 1.07. The number of carbonyl (C=O) groups excluding carboxylic acids is 2. The summed E-state index contributed by atoms with van der Waals surface area (Å²) in [6.07, 6.45) is 7.06. The van der Waals surface area contributed by atoms with Crippen LogP contribution in [0.3, 0.4) is 0 Å². The first-order valence-electron chi connectivity index (χ1n) is 8.08. The lowest BCUT2D eigenvalue weighted by molar-refractivity contribution is -0.131. The van der Waals surface area contributed by atoms with E-state index < -0.39 is 0 Å². The standard InChI is InChI=1S/C16H20N6O2/c1-11-17-3-4-20(11)10-15(23)21-6-12-7-22(16(24)14(12)9-21)13-5-18-19(2)8-13/h3-5,8,12,14H,6-7,9-10H2,1-2H3/t12-,14-/m1/s1. The fourth-order valence-corrected chi connectivity index (χ4v) is 3.66. The van der Waals surface area contributed by atoms with Crippen LogP contribution in [-0.4, -0.2) is 55.7 Å². The van der Waals surface area contributed by atoms with Crippen molar-refractivity contribution in [2.24, 2.45) is 18.9 Å². The van der Waals surface area contributed by atoms with Crippen LogP contribution < -0.4 is 4.90 Å². The molecular weight excluding hydrogens is 308 g/mol. The van der Waals surface area contributed by atoms with Crippen molar-refractivity contribution in [3.8, 4) is 0 Å². The van der Waals surface area contributed by atoms with E-state index in [9.17, 15) is 9.59 Å². The Morgan fingerprint density at radius 3 is 2.79 bits per heavy atom. The van der Waals surface area contributed by atoms with Crippen LogP contribution in [0.15, 0.2) is 24.8 Å². The molecule has 8 heteroatoms. The number of fused-ring (bicyclic) bond motifs is 1. The normalized spacial score (nSPS) is 23.2. The molecule has 0 radical (unpaired) electrons. The van der Waals surface area contributed by atoms with Crippen LogP contribution in [0.25, 0.3) is 0 Å². The average molecular weight is 328 g/mol. The zero-order chi connectivity index (χ0) is 16.8. The maximum atomic E-state index is 12.7. The van der Waals surface area contributed by atoms with Gasteiger partial charge in [0.2, 0.25) is 11.8 Å². The molecule has 2 fully saturated rings. The highest BCUT2D eigenvalue weighted by Gasteiger charge is 2.47. The van der Waals surface area contributed by atoms with Crippen LogP contribution in [0, 0.1) is 18.8 Å². The Hall–Kier alpha value is -2.64. The Balaban J connectivity index is 1.42. The van der Waals surface area contributed by atoms with Crippen molar-refractivity contribution in [2.75, 3.05) is 24.5 Å². The van der Waals surface area contributed by atoms with Gasteiger partial charge >= 0.3 is 0 Å². The molecule has 2 aromatic rings. The minimum absolute atomic E-state index is 0.0474. The van der Waals surface area contributed by atoms with Gasteiger partial charge in [-0.3, -0.25) is 14.3 Å². The molecule has 4 rings (SSSR count). The summed E-state index contributed by atoms with van der Waals surface area (Å²) in [7, 11) is 1.84. The van der Waals surface area contributed by atoms with Gasteiger partial charge in [-0.15, -0.1) is 0 Å². The number of nitrogens with zero attached hydrogens (tertiary/aromatic N) is 6. The summed E-state index contributed by atoms with van der Waals surface area (Å²) < 4.78 is 3.53. The van der Waals surface area contributed by atoms with Crippen molar-refractivity contribution in [3.05, 3.63) is 30.6 Å². The number of imidazole rings is 1. The van der Waals surface area contributed by atoms with Gasteiger partial charge in [0.05, 0.1) is 17.8 Å². The quantitative estimate of drug-likeness (QED) is 0.797. The second kappa shape index (κ2) is 5.47. The van der Waals surface area contributed by atoms with Gasteiger partial charge in [0.25, 0.3) is 0 Å². The molecule has 0 aliphatic carbocycles. The number of likely N-dealkylation sites (tertiary alicyclic amines) is 1. The second-order valence-corrected chi connectivity index (χ2v) is 6.59. The lowest BCUT2D eigenvalue weighted by Gasteiger charge is -2.21. The molecule has 2 amide bonds. The maximum absolute atomic E-state index is 12.7. The molecule has 2 saturated heterocycles. The van der Waals surface area contributed by atoms with Gasteiger partial charge in [0.1, 0.15) is 12.4 Å². The number of rotatable bonds is 3. The number of hydrogen-bond donors (Lipinski definition) is 0. The number of aromatic nitrogens is 4. The Bertz CT molecular complexity index is 794. The van der Waals surface area contributed by atoms with E-state index in [0.29, 0.717) is 19.6 Å². The Kier molecular flexibility index (Phi) is 3.40. The molecule has 0 unspecified atom stereocenters. The number of aryl methyl sites for hydroxylation is 2. The Morgan fingerprint density at radius 1 is 1.33 bits per heavy atom. The van der Waals surface area contributed by atoms with E-state index in [1.807, 2.05) is 29.6 Å². The molecule has 0 saturated carbocycles. The molecule has 0 N–H and O–H groups in total. The van der Waals surface area contributed by atoms with Crippen molar-refractivity contribution < 1.29 is 9.59 Å². The fourth-order valence-electron chi connectivity index (χ4n) is 3.66. The summed E-state index contributed by atoms with van der Waals surface area (Å²) >= 11 is 0. The number of carbonyl (C=O) groups is 2. The molecule has 2 aliphatic rings. The van der Waals surface area contributed by atoms with Crippen LogP contribution in [0.5, 0.6) is 0 Å². The zero-order valence-electron chi connectivity index (χ0n) is 13.8. The largest absolute Gasteiger partial charge is 0.340 e. The monoisotopic (exact) mass is 328 g/mol. The Morgan fingerprint density at radius 2 is 2.17 bits per heavy atom. The third kappa shape index (κ3) is 2.38. The molecule has 24 heavy (non-hydrogen) atoms. The molecule has 0 spiro atoms. The summed E-state index contributed by atoms with van der Waals surface area (Å²) in [6, 6.07) is 0. The predicted molar refractivity (Wildman–Crippen MR) is 86.1 cm³/mol. The fraction of sp³-hybridized carbons (Fsp3) is 0.500. The zero-order valence-corrected chi connectivity index (χ0v) is 13.8. The van der Waals surface area contributed by atoms with E-state index in [-0.39, 0.29) is 30.2 Å². The van der Waals surface area contributed by atoms with Gasteiger partial charge in [0.15, 0.2) is 0 Å². The topological polar surface area (TPSA) is 76.3 Å². The maximum Gasteiger partial charge on any atom is 0.242 e. The van der Waals surface area contributed by atoms with Crippen LogP contribution in [0.2, 0.25) is 0 Å². The predicted octanol–water partition coefficient (Wildman–Crippen LogP) is 0.0464. The van der Waals surface area contributed by atoms with Crippen molar-refractivity contribution >= 4 is 17.5 Å². The number of amides is 2. The highest BCUT2D eigenvalue weighted by molar-refractivity contribution is 5.98. The van der Waals surface area contributed by atoms with Gasteiger partial charge in [-0.25, -0.2) is 4.98 Å². The third-order valence-corrected chi connectivity index (χ3v) is 5.03. The van der Waals surface area contributed by atoms with Crippen molar-refractivity contribution in [1.82, 2.24) is 24.2 Å². The smallest absolute Gasteiger partial charge is 0.242 e. The van der Waals surface area contributed by atoms with Gasteiger partial charge in [-0.2, -0.15) is 5.10 Å². The first-order chi connectivity index (χ1) is 11.5. The molecular formula is C16H20N6O2. The average Bonchev–Trinajstić information content (AvgIpc) is 3.28. The first kappa shape index (κ1) is 14.9. The second-order valence-electron chi connectivity index (χ2n) is 6.59. The number of anilines is 1. The minimum atomic E-state index is -0.0990. The third-order valence-electron chi connectivity index (χ3n) is 5.03. The molecule has 0 bridgehead atoms. The molecule has 2 atom stereocenters. The summed E-state index contributed by atoms with van der Waals surface area (Å²) in [5, 5.41) is 4.13. The lowest BCUT2D eigenvalue weighted by atomic mass is 10.0. The first-order valence-corrected chi connectivity index (χ1v) is 8.08. The van der Waals surface area contributed by atoms with Crippen LogP contribution in [0.4, 0.5) is 5.69 Å². The minimum Gasteiger partial charge on any atom is -0.340 e. The molecule has 8 nitrogen and oxygen atoms in total. The summed E-state index contributed by atoms with van der Waals surface area (Å²) in [6.45, 7) is 3.96. The van der Waals surface area contributed by atoms with Gasteiger partial charge < -0.3 is 14.4 Å². The molecule has 2 aliphatic heterocycles. The van der Waals surface area contributed by atoms with E-state index in [1.54, 1.807) is 28.2 Å². The van der Waals surface area contributed by atoms with Crippen molar-refractivity contribution in [1.29, 1.82) is 0 Å².